The zero-order chi connectivity index (χ0) is 17.1. The maximum atomic E-state index is 12.3. The second-order valence-electron chi connectivity index (χ2n) is 7.24. The molecule has 0 saturated carbocycles. The van der Waals surface area contributed by atoms with E-state index < -0.39 is 0 Å². The van der Waals surface area contributed by atoms with E-state index in [2.05, 4.69) is 6.07 Å². The van der Waals surface area contributed by atoms with E-state index in [0.717, 1.165) is 47.3 Å². The van der Waals surface area contributed by atoms with Crippen LogP contribution in [-0.2, 0) is 19.4 Å². The number of β-amino-alcohol motifs (C(OH)–C–C–N with tert-alkyl or cyclic N) is 1. The second-order valence-corrected chi connectivity index (χ2v) is 7.24. The van der Waals surface area contributed by atoms with E-state index in [4.69, 9.17) is 9.97 Å². The number of hydrogen-bond donors (Lipinski definition) is 1. The van der Waals surface area contributed by atoms with E-state index in [1.54, 1.807) is 4.90 Å². The van der Waals surface area contributed by atoms with Gasteiger partial charge in [0.25, 0.3) is 5.91 Å². The minimum atomic E-state index is -0.284. The molecule has 1 amide bonds. The number of fused-ring (bicyclic) bond motifs is 2. The Bertz CT molecular complexity index is 889. The summed E-state index contributed by atoms with van der Waals surface area (Å²) in [7, 11) is 1.83. The highest BCUT2D eigenvalue weighted by Crippen LogP contribution is 2.34. The molecular weight excluding hydrogens is 316 g/mol. The van der Waals surface area contributed by atoms with Crippen molar-refractivity contribution in [1.29, 1.82) is 0 Å². The highest BCUT2D eigenvalue weighted by Gasteiger charge is 2.30. The molecule has 0 radical (unpaired) electrons. The lowest BCUT2D eigenvalue weighted by Gasteiger charge is -2.36. The lowest BCUT2D eigenvalue weighted by atomic mass is 10.0. The van der Waals surface area contributed by atoms with Crippen molar-refractivity contribution in [3.05, 3.63) is 40.6 Å². The molecule has 0 spiro atoms. The number of anilines is 1. The smallest absolute Gasteiger partial charge is 0.254 e. The number of aromatic nitrogens is 2. The van der Waals surface area contributed by atoms with Gasteiger partial charge in [0.05, 0.1) is 11.8 Å². The first-order valence-electron chi connectivity index (χ1n) is 8.82. The molecule has 1 aliphatic carbocycles. The first-order chi connectivity index (χ1) is 12.1. The van der Waals surface area contributed by atoms with E-state index >= 15 is 0 Å². The molecule has 0 unspecified atom stereocenters. The third-order valence-electron chi connectivity index (χ3n) is 5.43. The van der Waals surface area contributed by atoms with Gasteiger partial charge in [-0.1, -0.05) is 12.1 Å². The van der Waals surface area contributed by atoms with Crippen LogP contribution in [-0.4, -0.2) is 52.1 Å². The van der Waals surface area contributed by atoms with Crippen LogP contribution in [0.3, 0.4) is 0 Å². The fourth-order valence-corrected chi connectivity index (χ4v) is 4.01. The van der Waals surface area contributed by atoms with Crippen molar-refractivity contribution in [3.8, 4) is 11.3 Å². The average molecular weight is 336 g/mol. The van der Waals surface area contributed by atoms with Gasteiger partial charge < -0.3 is 14.9 Å². The molecule has 128 valence electrons. The summed E-state index contributed by atoms with van der Waals surface area (Å²) in [5.74, 6) is 0.776. The molecule has 1 aromatic carbocycles. The van der Waals surface area contributed by atoms with Crippen LogP contribution < -0.4 is 4.90 Å². The molecule has 2 aromatic rings. The fraction of sp³-hybridized carbons (Fsp3) is 0.421. The summed E-state index contributed by atoms with van der Waals surface area (Å²) >= 11 is 0. The summed E-state index contributed by atoms with van der Waals surface area (Å²) in [5.41, 5.74) is 6.13. The Kier molecular flexibility index (Phi) is 3.12. The molecule has 1 fully saturated rings. The number of nitrogens with zero attached hydrogens (tertiary/aromatic N) is 4. The van der Waals surface area contributed by atoms with Crippen LogP contribution in [0.15, 0.2) is 18.2 Å². The van der Waals surface area contributed by atoms with Gasteiger partial charge in [0.2, 0.25) is 5.95 Å². The van der Waals surface area contributed by atoms with Crippen LogP contribution in [0.5, 0.6) is 0 Å². The van der Waals surface area contributed by atoms with E-state index in [1.807, 2.05) is 24.1 Å². The molecule has 3 aliphatic rings. The normalized spacial score (nSPS) is 19.2. The highest BCUT2D eigenvalue weighted by molar-refractivity contribution is 5.99. The van der Waals surface area contributed by atoms with Crippen molar-refractivity contribution in [2.45, 2.75) is 31.9 Å². The lowest BCUT2D eigenvalue weighted by molar-refractivity contribution is 0.0816. The Labute approximate surface area is 146 Å². The summed E-state index contributed by atoms with van der Waals surface area (Å²) in [5, 5.41) is 9.58. The molecule has 3 heterocycles. The van der Waals surface area contributed by atoms with Gasteiger partial charge in [-0.25, -0.2) is 9.97 Å². The van der Waals surface area contributed by atoms with E-state index in [9.17, 15) is 9.90 Å². The maximum Gasteiger partial charge on any atom is 0.254 e. The van der Waals surface area contributed by atoms with Crippen molar-refractivity contribution in [2.24, 2.45) is 0 Å². The van der Waals surface area contributed by atoms with Gasteiger partial charge in [-0.3, -0.25) is 4.79 Å². The topological polar surface area (TPSA) is 69.6 Å². The Morgan fingerprint density at radius 3 is 2.84 bits per heavy atom. The zero-order valence-electron chi connectivity index (χ0n) is 14.2. The summed E-state index contributed by atoms with van der Waals surface area (Å²) in [6.07, 6.45) is 2.77. The summed E-state index contributed by atoms with van der Waals surface area (Å²) in [4.78, 5) is 25.6. The predicted molar refractivity (Wildman–Crippen MR) is 93.5 cm³/mol. The molecule has 6 heteroatoms. The van der Waals surface area contributed by atoms with Crippen LogP contribution in [0, 0.1) is 0 Å². The molecular formula is C19H20N4O2. The Morgan fingerprint density at radius 2 is 2.04 bits per heavy atom. The number of aliphatic hydroxyl groups excluding tert-OH is 1. The van der Waals surface area contributed by atoms with Gasteiger partial charge in [-0.05, 0) is 30.9 Å². The number of amides is 1. The minimum Gasteiger partial charge on any atom is -0.389 e. The molecule has 1 aromatic heterocycles. The second kappa shape index (κ2) is 5.26. The third-order valence-corrected chi connectivity index (χ3v) is 5.43. The zero-order valence-corrected chi connectivity index (χ0v) is 14.2. The standard InChI is InChI=1S/C19H20N4O2/c1-22-8-12-6-5-11(7-15(12)18(22)25)17-14-3-2-4-16(14)20-19(21-17)23-9-13(24)10-23/h5-7,13,24H,2-4,8-10H2,1H3. The molecule has 0 bridgehead atoms. The van der Waals surface area contributed by atoms with Crippen LogP contribution in [0.1, 0.15) is 33.6 Å². The van der Waals surface area contributed by atoms with Gasteiger partial charge in [0.1, 0.15) is 0 Å². The molecule has 0 atom stereocenters. The van der Waals surface area contributed by atoms with Crippen molar-refractivity contribution in [2.75, 3.05) is 25.0 Å². The van der Waals surface area contributed by atoms with Gasteiger partial charge in [0.15, 0.2) is 0 Å². The predicted octanol–water partition coefficient (Wildman–Crippen LogP) is 1.40. The summed E-state index contributed by atoms with van der Waals surface area (Å²) in [6, 6.07) is 6.10. The SMILES string of the molecule is CN1Cc2ccc(-c3nc(N4CC(O)C4)nc4c3CCC4)cc2C1=O. The summed E-state index contributed by atoms with van der Waals surface area (Å²) < 4.78 is 0. The highest BCUT2D eigenvalue weighted by atomic mass is 16.3. The van der Waals surface area contributed by atoms with Crippen molar-refractivity contribution in [1.82, 2.24) is 14.9 Å². The lowest BCUT2D eigenvalue weighted by Crippen LogP contribution is -2.51. The Balaban J connectivity index is 1.61. The van der Waals surface area contributed by atoms with Crippen molar-refractivity contribution >= 4 is 11.9 Å². The minimum absolute atomic E-state index is 0.0774. The third kappa shape index (κ3) is 2.24. The Hall–Kier alpha value is -2.47. The molecule has 1 N–H and O–H groups in total. The first kappa shape index (κ1) is 14.8. The number of carbonyl (C=O) groups excluding carboxylic acids is 1. The molecule has 25 heavy (non-hydrogen) atoms. The quantitative estimate of drug-likeness (QED) is 0.898. The number of benzene rings is 1. The van der Waals surface area contributed by atoms with Crippen molar-refractivity contribution in [3.63, 3.8) is 0 Å². The first-order valence-corrected chi connectivity index (χ1v) is 8.82. The van der Waals surface area contributed by atoms with Crippen molar-refractivity contribution < 1.29 is 9.90 Å². The van der Waals surface area contributed by atoms with Crippen LogP contribution in [0.25, 0.3) is 11.3 Å². The number of hydrogen-bond acceptors (Lipinski definition) is 5. The monoisotopic (exact) mass is 336 g/mol. The average Bonchev–Trinajstić information content (AvgIpc) is 3.16. The number of carbonyl (C=O) groups is 1. The molecule has 5 rings (SSSR count). The van der Waals surface area contributed by atoms with E-state index in [0.29, 0.717) is 25.6 Å². The molecule has 2 aliphatic heterocycles. The van der Waals surface area contributed by atoms with Gasteiger partial charge in [-0.15, -0.1) is 0 Å². The summed E-state index contributed by atoms with van der Waals surface area (Å²) in [6.45, 7) is 1.85. The van der Waals surface area contributed by atoms with E-state index in [-0.39, 0.29) is 12.0 Å². The Morgan fingerprint density at radius 1 is 1.20 bits per heavy atom. The maximum absolute atomic E-state index is 12.3. The van der Waals surface area contributed by atoms with Gasteiger partial charge in [0, 0.05) is 49.1 Å². The fourth-order valence-electron chi connectivity index (χ4n) is 4.01. The number of aryl methyl sites for hydroxylation is 1. The molecule has 6 nitrogen and oxygen atoms in total. The van der Waals surface area contributed by atoms with Crippen LogP contribution in [0.4, 0.5) is 5.95 Å². The van der Waals surface area contributed by atoms with Crippen LogP contribution in [0.2, 0.25) is 0 Å². The van der Waals surface area contributed by atoms with Gasteiger partial charge >= 0.3 is 0 Å². The largest absolute Gasteiger partial charge is 0.389 e. The van der Waals surface area contributed by atoms with Gasteiger partial charge in [-0.2, -0.15) is 0 Å². The number of aliphatic hydroxyl groups is 1. The van der Waals surface area contributed by atoms with Crippen LogP contribution >= 0.6 is 0 Å². The molecule has 1 saturated heterocycles. The van der Waals surface area contributed by atoms with E-state index in [1.165, 1.54) is 5.56 Å². The number of rotatable bonds is 2.